The Balaban J connectivity index is 2.00. The number of fused-ring (bicyclic) bond motifs is 1. The first-order valence-electron chi connectivity index (χ1n) is 9.08. The molecule has 28 heavy (non-hydrogen) atoms. The van der Waals surface area contributed by atoms with Gasteiger partial charge in [-0.05, 0) is 37.5 Å². The molecule has 4 amide bonds. The number of imide groups is 1. The fraction of sp³-hybridized carbons (Fsp3) is 0.421. The number of benzene rings is 1. The monoisotopic (exact) mass is 385 g/mol. The minimum atomic E-state index is -0.770. The van der Waals surface area contributed by atoms with Gasteiger partial charge in [0, 0.05) is 27.1 Å². The zero-order valence-electron chi connectivity index (χ0n) is 16.1. The highest BCUT2D eigenvalue weighted by Gasteiger charge is 2.28. The number of aryl methyl sites for hydroxylation is 1. The number of hydrogen-bond acceptors (Lipinski definition) is 5. The number of aromatic nitrogens is 2. The van der Waals surface area contributed by atoms with Crippen molar-refractivity contribution in [3.8, 4) is 0 Å². The molecule has 0 saturated carbocycles. The van der Waals surface area contributed by atoms with Crippen LogP contribution in [0, 0.1) is 6.92 Å². The molecular weight excluding hydrogens is 362 g/mol. The minimum absolute atomic E-state index is 0.237. The number of urea groups is 1. The Bertz CT molecular complexity index is 1010. The molecule has 1 saturated heterocycles. The molecule has 1 unspecified atom stereocenters. The molecule has 0 spiro atoms. The van der Waals surface area contributed by atoms with E-state index in [1.54, 1.807) is 39.2 Å². The molecule has 3 rings (SSSR count). The number of amides is 4. The van der Waals surface area contributed by atoms with E-state index in [1.165, 1.54) is 9.47 Å². The topological polar surface area (TPSA) is 113 Å². The molecule has 2 heterocycles. The van der Waals surface area contributed by atoms with E-state index in [1.807, 2.05) is 0 Å². The largest absolute Gasteiger partial charge is 0.334 e. The predicted molar refractivity (Wildman–Crippen MR) is 103 cm³/mol. The van der Waals surface area contributed by atoms with Crippen LogP contribution < -0.4 is 16.2 Å². The van der Waals surface area contributed by atoms with Crippen molar-refractivity contribution in [1.29, 1.82) is 0 Å². The molecule has 0 radical (unpaired) electrons. The normalized spacial score (nSPS) is 17.2. The van der Waals surface area contributed by atoms with E-state index in [4.69, 9.17) is 0 Å². The third kappa shape index (κ3) is 3.88. The van der Waals surface area contributed by atoms with Crippen LogP contribution in [-0.4, -0.2) is 46.4 Å². The fourth-order valence-corrected chi connectivity index (χ4v) is 3.29. The first-order chi connectivity index (χ1) is 13.3. The Labute approximate surface area is 161 Å². The lowest BCUT2D eigenvalue weighted by Crippen LogP contribution is -2.39. The summed E-state index contributed by atoms with van der Waals surface area (Å²) in [7, 11) is 3.28. The third-order valence-electron chi connectivity index (χ3n) is 4.75. The SMILES string of the molecule is Cc1nc2ccc(CNC(=O)N(C)C)cc2c(=O)n1C1CCCC(=O)NC1=O. The zero-order valence-corrected chi connectivity index (χ0v) is 16.1. The minimum Gasteiger partial charge on any atom is -0.334 e. The van der Waals surface area contributed by atoms with E-state index >= 15 is 0 Å². The van der Waals surface area contributed by atoms with Crippen LogP contribution in [0.15, 0.2) is 23.0 Å². The van der Waals surface area contributed by atoms with Crippen molar-refractivity contribution in [3.63, 3.8) is 0 Å². The first-order valence-corrected chi connectivity index (χ1v) is 9.08. The second kappa shape index (κ2) is 7.79. The van der Waals surface area contributed by atoms with Gasteiger partial charge in [0.25, 0.3) is 5.56 Å². The Morgan fingerprint density at radius 3 is 2.79 bits per heavy atom. The summed E-state index contributed by atoms with van der Waals surface area (Å²) in [4.78, 5) is 54.7. The average molecular weight is 385 g/mol. The highest BCUT2D eigenvalue weighted by molar-refractivity contribution is 5.98. The van der Waals surface area contributed by atoms with Crippen LogP contribution >= 0.6 is 0 Å². The average Bonchev–Trinajstić information content (AvgIpc) is 2.80. The van der Waals surface area contributed by atoms with E-state index in [2.05, 4.69) is 15.6 Å². The summed E-state index contributed by atoms with van der Waals surface area (Å²) in [6, 6.07) is 4.19. The van der Waals surface area contributed by atoms with E-state index in [9.17, 15) is 19.2 Å². The van der Waals surface area contributed by atoms with Gasteiger partial charge in [0.2, 0.25) is 11.8 Å². The van der Waals surface area contributed by atoms with Crippen molar-refractivity contribution >= 4 is 28.7 Å². The van der Waals surface area contributed by atoms with Crippen molar-refractivity contribution < 1.29 is 14.4 Å². The van der Waals surface area contributed by atoms with E-state index in [0.717, 1.165) is 5.56 Å². The van der Waals surface area contributed by atoms with Gasteiger partial charge in [-0.25, -0.2) is 9.78 Å². The van der Waals surface area contributed by atoms with Gasteiger partial charge in [0.15, 0.2) is 0 Å². The highest BCUT2D eigenvalue weighted by atomic mass is 16.2. The summed E-state index contributed by atoms with van der Waals surface area (Å²) in [5.74, 6) is -0.394. The molecule has 0 aliphatic carbocycles. The van der Waals surface area contributed by atoms with Crippen molar-refractivity contribution in [2.75, 3.05) is 14.1 Å². The second-order valence-electron chi connectivity index (χ2n) is 7.06. The first kappa shape index (κ1) is 19.5. The summed E-state index contributed by atoms with van der Waals surface area (Å²) in [5, 5.41) is 5.44. The molecule has 9 heteroatoms. The van der Waals surface area contributed by atoms with Crippen LogP contribution in [0.3, 0.4) is 0 Å². The summed E-state index contributed by atoms with van der Waals surface area (Å²) in [6.07, 6.45) is 1.17. The number of nitrogens with zero attached hydrogens (tertiary/aromatic N) is 3. The molecular formula is C19H23N5O4. The molecule has 148 valence electrons. The Morgan fingerprint density at radius 1 is 1.32 bits per heavy atom. The Kier molecular flexibility index (Phi) is 5.43. The summed E-state index contributed by atoms with van der Waals surface area (Å²) < 4.78 is 1.36. The van der Waals surface area contributed by atoms with Crippen molar-refractivity contribution in [2.45, 2.75) is 38.8 Å². The van der Waals surface area contributed by atoms with Crippen LogP contribution in [0.1, 0.15) is 36.7 Å². The standard InChI is InChI=1S/C19H23N5O4/c1-11-21-14-8-7-12(10-20-19(28)23(2)3)9-13(14)18(27)24(11)15-5-4-6-16(25)22-17(15)26/h7-9,15H,4-6,10H2,1-3H3,(H,20,28)(H,22,25,26). The van der Waals surface area contributed by atoms with E-state index in [0.29, 0.717) is 29.6 Å². The summed E-state index contributed by atoms with van der Waals surface area (Å²) in [5.41, 5.74) is 0.932. The summed E-state index contributed by atoms with van der Waals surface area (Å²) in [6.45, 7) is 1.94. The maximum atomic E-state index is 13.1. The number of rotatable bonds is 3. The molecule has 9 nitrogen and oxygen atoms in total. The quantitative estimate of drug-likeness (QED) is 0.760. The van der Waals surface area contributed by atoms with Gasteiger partial charge in [-0.1, -0.05) is 6.07 Å². The molecule has 2 aromatic rings. The van der Waals surface area contributed by atoms with Gasteiger partial charge < -0.3 is 10.2 Å². The van der Waals surface area contributed by atoms with Gasteiger partial charge >= 0.3 is 6.03 Å². The number of carbonyl (C=O) groups excluding carboxylic acids is 3. The van der Waals surface area contributed by atoms with E-state index in [-0.39, 0.29) is 30.5 Å². The van der Waals surface area contributed by atoms with Crippen LogP contribution in [-0.2, 0) is 16.1 Å². The van der Waals surface area contributed by atoms with Gasteiger partial charge in [-0.2, -0.15) is 0 Å². The highest BCUT2D eigenvalue weighted by Crippen LogP contribution is 2.20. The van der Waals surface area contributed by atoms with Crippen molar-refractivity contribution in [1.82, 2.24) is 25.1 Å². The second-order valence-corrected chi connectivity index (χ2v) is 7.06. The van der Waals surface area contributed by atoms with Crippen LogP contribution in [0.25, 0.3) is 10.9 Å². The van der Waals surface area contributed by atoms with Gasteiger partial charge in [0.05, 0.1) is 10.9 Å². The molecule has 1 aromatic carbocycles. The lowest BCUT2D eigenvalue weighted by molar-refractivity contribution is -0.131. The zero-order chi connectivity index (χ0) is 20.4. The molecule has 1 aliphatic heterocycles. The predicted octanol–water partition coefficient (Wildman–Crippen LogP) is 0.844. The van der Waals surface area contributed by atoms with E-state index < -0.39 is 11.9 Å². The Hall–Kier alpha value is -3.23. The maximum Gasteiger partial charge on any atom is 0.317 e. The lowest BCUT2D eigenvalue weighted by Gasteiger charge is -2.19. The molecule has 1 aromatic heterocycles. The van der Waals surface area contributed by atoms with Crippen LogP contribution in [0.2, 0.25) is 0 Å². The van der Waals surface area contributed by atoms with Gasteiger partial charge in [0.1, 0.15) is 11.9 Å². The number of hydrogen-bond donors (Lipinski definition) is 2. The number of carbonyl (C=O) groups is 3. The van der Waals surface area contributed by atoms with Crippen molar-refractivity contribution in [2.24, 2.45) is 0 Å². The molecule has 0 bridgehead atoms. The fourth-order valence-electron chi connectivity index (χ4n) is 3.29. The molecule has 2 N–H and O–H groups in total. The summed E-state index contributed by atoms with van der Waals surface area (Å²) >= 11 is 0. The lowest BCUT2D eigenvalue weighted by atomic mass is 10.1. The Morgan fingerprint density at radius 2 is 2.07 bits per heavy atom. The maximum absolute atomic E-state index is 13.1. The van der Waals surface area contributed by atoms with Crippen LogP contribution in [0.5, 0.6) is 0 Å². The molecule has 1 fully saturated rings. The van der Waals surface area contributed by atoms with Crippen molar-refractivity contribution in [3.05, 3.63) is 39.9 Å². The smallest absolute Gasteiger partial charge is 0.317 e. The van der Waals surface area contributed by atoms with Gasteiger partial charge in [-0.15, -0.1) is 0 Å². The van der Waals surface area contributed by atoms with Gasteiger partial charge in [-0.3, -0.25) is 24.3 Å². The molecule has 1 aliphatic rings. The number of nitrogens with one attached hydrogen (secondary N) is 2. The van der Waals surface area contributed by atoms with Crippen LogP contribution in [0.4, 0.5) is 4.79 Å². The third-order valence-corrected chi connectivity index (χ3v) is 4.75. The molecule has 1 atom stereocenters.